The molecule has 18 heavy (non-hydrogen) atoms. The maximum Gasteiger partial charge on any atom is 0.0558 e. The number of rotatable bonds is 7. The van der Waals surface area contributed by atoms with E-state index in [2.05, 4.69) is 35.1 Å². The van der Waals surface area contributed by atoms with Crippen LogP contribution in [0.2, 0.25) is 0 Å². The van der Waals surface area contributed by atoms with Crippen LogP contribution in [-0.2, 0) is 6.54 Å². The molecule has 0 aliphatic carbocycles. The van der Waals surface area contributed by atoms with Crippen molar-refractivity contribution in [2.24, 2.45) is 0 Å². The van der Waals surface area contributed by atoms with Crippen LogP contribution >= 0.6 is 0 Å². The standard InChI is InChI=1S/C14H25N3O/c1-11-7-12(2)15-8-14(11)9-16-13(3)10-17(4)5-6-18/h7-8,13,16,18H,5-6,9-10H2,1-4H3. The molecule has 0 aliphatic heterocycles. The summed E-state index contributed by atoms with van der Waals surface area (Å²) in [6, 6.07) is 2.50. The Bertz CT molecular complexity index is 368. The summed E-state index contributed by atoms with van der Waals surface area (Å²) in [5.74, 6) is 0. The lowest BCUT2D eigenvalue weighted by molar-refractivity contribution is 0.210. The van der Waals surface area contributed by atoms with Gasteiger partial charge in [0, 0.05) is 37.6 Å². The zero-order valence-corrected chi connectivity index (χ0v) is 11.9. The van der Waals surface area contributed by atoms with Gasteiger partial charge in [0.15, 0.2) is 0 Å². The Hall–Kier alpha value is -0.970. The molecule has 1 atom stereocenters. The van der Waals surface area contributed by atoms with E-state index < -0.39 is 0 Å². The smallest absolute Gasteiger partial charge is 0.0558 e. The zero-order valence-electron chi connectivity index (χ0n) is 11.9. The predicted molar refractivity (Wildman–Crippen MR) is 74.6 cm³/mol. The van der Waals surface area contributed by atoms with Crippen LogP contribution in [0.3, 0.4) is 0 Å². The molecule has 4 heteroatoms. The summed E-state index contributed by atoms with van der Waals surface area (Å²) in [4.78, 5) is 6.45. The van der Waals surface area contributed by atoms with Crippen LogP contribution in [0.1, 0.15) is 23.7 Å². The minimum Gasteiger partial charge on any atom is -0.395 e. The molecule has 0 saturated heterocycles. The molecule has 4 nitrogen and oxygen atoms in total. The topological polar surface area (TPSA) is 48.4 Å². The molecule has 0 bridgehead atoms. The Balaban J connectivity index is 2.40. The van der Waals surface area contributed by atoms with E-state index in [0.717, 1.165) is 25.3 Å². The molecule has 0 aromatic carbocycles. The molecule has 1 aromatic heterocycles. The lowest BCUT2D eigenvalue weighted by Gasteiger charge is -2.21. The monoisotopic (exact) mass is 251 g/mol. The van der Waals surface area contributed by atoms with Gasteiger partial charge in [-0.25, -0.2) is 0 Å². The number of likely N-dealkylation sites (N-methyl/N-ethyl adjacent to an activating group) is 1. The summed E-state index contributed by atoms with van der Waals surface area (Å²) < 4.78 is 0. The number of aliphatic hydroxyl groups is 1. The minimum absolute atomic E-state index is 0.213. The second-order valence-electron chi connectivity index (χ2n) is 5.02. The van der Waals surface area contributed by atoms with Crippen LogP contribution < -0.4 is 5.32 Å². The van der Waals surface area contributed by atoms with Gasteiger partial charge in [0.05, 0.1) is 6.61 Å². The van der Waals surface area contributed by atoms with E-state index in [1.165, 1.54) is 11.1 Å². The van der Waals surface area contributed by atoms with Crippen molar-refractivity contribution in [1.82, 2.24) is 15.2 Å². The molecule has 1 unspecified atom stereocenters. The van der Waals surface area contributed by atoms with Crippen molar-refractivity contribution in [2.45, 2.75) is 33.4 Å². The van der Waals surface area contributed by atoms with Crippen LogP contribution in [0.25, 0.3) is 0 Å². The Morgan fingerprint density at radius 3 is 2.78 bits per heavy atom. The Morgan fingerprint density at radius 2 is 2.17 bits per heavy atom. The third kappa shape index (κ3) is 5.12. The Labute approximate surface area is 110 Å². The van der Waals surface area contributed by atoms with E-state index in [9.17, 15) is 0 Å². The van der Waals surface area contributed by atoms with Crippen molar-refractivity contribution in [3.63, 3.8) is 0 Å². The van der Waals surface area contributed by atoms with Gasteiger partial charge in [-0.3, -0.25) is 4.98 Å². The second kappa shape index (κ2) is 7.46. The van der Waals surface area contributed by atoms with Gasteiger partial charge >= 0.3 is 0 Å². The molecule has 1 heterocycles. The number of aliphatic hydroxyl groups excluding tert-OH is 1. The van der Waals surface area contributed by atoms with Gasteiger partial charge in [0.2, 0.25) is 0 Å². The van der Waals surface area contributed by atoms with Gasteiger partial charge in [0.25, 0.3) is 0 Å². The summed E-state index contributed by atoms with van der Waals surface area (Å²) >= 11 is 0. The molecule has 1 rings (SSSR count). The third-order valence-electron chi connectivity index (χ3n) is 3.06. The molecule has 0 radical (unpaired) electrons. The maximum absolute atomic E-state index is 8.85. The van der Waals surface area contributed by atoms with Crippen LogP contribution in [-0.4, -0.2) is 47.8 Å². The van der Waals surface area contributed by atoms with Crippen molar-refractivity contribution < 1.29 is 5.11 Å². The zero-order chi connectivity index (χ0) is 13.5. The summed E-state index contributed by atoms with van der Waals surface area (Å²) in [6.07, 6.45) is 1.95. The van der Waals surface area contributed by atoms with Crippen LogP contribution in [0, 0.1) is 13.8 Å². The maximum atomic E-state index is 8.85. The van der Waals surface area contributed by atoms with Crippen LogP contribution in [0.15, 0.2) is 12.3 Å². The first kappa shape index (κ1) is 15.1. The fraction of sp³-hybridized carbons (Fsp3) is 0.643. The van der Waals surface area contributed by atoms with Crippen molar-refractivity contribution in [3.8, 4) is 0 Å². The number of hydrogen-bond donors (Lipinski definition) is 2. The highest BCUT2D eigenvalue weighted by molar-refractivity contribution is 5.24. The fourth-order valence-corrected chi connectivity index (χ4v) is 1.99. The second-order valence-corrected chi connectivity index (χ2v) is 5.02. The number of nitrogens with zero attached hydrogens (tertiary/aromatic N) is 2. The average molecular weight is 251 g/mol. The highest BCUT2D eigenvalue weighted by atomic mass is 16.3. The molecule has 0 saturated carbocycles. The van der Waals surface area contributed by atoms with Crippen LogP contribution in [0.5, 0.6) is 0 Å². The lowest BCUT2D eigenvalue weighted by atomic mass is 10.1. The Kier molecular flexibility index (Phi) is 6.25. The van der Waals surface area contributed by atoms with Gasteiger partial charge < -0.3 is 15.3 Å². The summed E-state index contributed by atoms with van der Waals surface area (Å²) in [6.45, 7) is 8.99. The Morgan fingerprint density at radius 1 is 1.44 bits per heavy atom. The van der Waals surface area contributed by atoms with E-state index in [0.29, 0.717) is 6.04 Å². The number of pyridine rings is 1. The fourth-order valence-electron chi connectivity index (χ4n) is 1.99. The normalized spacial score (nSPS) is 13.0. The van der Waals surface area contributed by atoms with E-state index in [-0.39, 0.29) is 6.61 Å². The molecule has 0 aliphatic rings. The van der Waals surface area contributed by atoms with Crippen molar-refractivity contribution in [3.05, 3.63) is 29.1 Å². The van der Waals surface area contributed by atoms with E-state index in [1.807, 2.05) is 20.2 Å². The highest BCUT2D eigenvalue weighted by Crippen LogP contribution is 2.07. The van der Waals surface area contributed by atoms with Gasteiger partial charge in [-0.2, -0.15) is 0 Å². The molecule has 0 spiro atoms. The number of hydrogen-bond acceptors (Lipinski definition) is 4. The molecule has 102 valence electrons. The highest BCUT2D eigenvalue weighted by Gasteiger charge is 2.06. The van der Waals surface area contributed by atoms with Gasteiger partial charge in [0.1, 0.15) is 0 Å². The van der Waals surface area contributed by atoms with Crippen LogP contribution in [0.4, 0.5) is 0 Å². The minimum atomic E-state index is 0.213. The van der Waals surface area contributed by atoms with E-state index in [1.54, 1.807) is 0 Å². The molecular weight excluding hydrogens is 226 g/mol. The van der Waals surface area contributed by atoms with Crippen molar-refractivity contribution in [2.75, 3.05) is 26.7 Å². The number of nitrogens with one attached hydrogen (secondary N) is 1. The first-order valence-corrected chi connectivity index (χ1v) is 6.48. The summed E-state index contributed by atoms with van der Waals surface area (Å²) in [5.41, 5.74) is 3.59. The number of aryl methyl sites for hydroxylation is 2. The lowest BCUT2D eigenvalue weighted by Crippen LogP contribution is -2.38. The largest absolute Gasteiger partial charge is 0.395 e. The third-order valence-corrected chi connectivity index (χ3v) is 3.06. The first-order valence-electron chi connectivity index (χ1n) is 6.48. The SMILES string of the molecule is Cc1cc(C)c(CNC(C)CN(C)CCO)cn1. The van der Waals surface area contributed by atoms with Gasteiger partial charge in [-0.1, -0.05) is 0 Å². The van der Waals surface area contributed by atoms with Crippen molar-refractivity contribution in [1.29, 1.82) is 0 Å². The summed E-state index contributed by atoms with van der Waals surface area (Å²) in [5, 5.41) is 12.3. The molecule has 0 fully saturated rings. The van der Waals surface area contributed by atoms with Crippen molar-refractivity contribution >= 4 is 0 Å². The molecule has 2 N–H and O–H groups in total. The van der Waals surface area contributed by atoms with Gasteiger partial charge in [-0.05, 0) is 45.0 Å². The number of aromatic nitrogens is 1. The molecule has 1 aromatic rings. The predicted octanol–water partition coefficient (Wildman–Crippen LogP) is 1.10. The molecule has 0 amide bonds. The first-order chi connectivity index (χ1) is 8.52. The van der Waals surface area contributed by atoms with Gasteiger partial charge in [-0.15, -0.1) is 0 Å². The summed E-state index contributed by atoms with van der Waals surface area (Å²) in [7, 11) is 2.02. The van der Waals surface area contributed by atoms with E-state index in [4.69, 9.17) is 5.11 Å². The average Bonchev–Trinajstić information content (AvgIpc) is 2.28. The van der Waals surface area contributed by atoms with E-state index >= 15 is 0 Å². The molecular formula is C14H25N3O. The quantitative estimate of drug-likeness (QED) is 0.762.